The van der Waals surface area contributed by atoms with Gasteiger partial charge in [-0.15, -0.1) is 0 Å². The normalized spacial score (nSPS) is 14.4. The highest BCUT2D eigenvalue weighted by Gasteiger charge is 2.25. The van der Waals surface area contributed by atoms with E-state index < -0.39 is 16.0 Å². The van der Waals surface area contributed by atoms with Crippen LogP contribution in [0.15, 0.2) is 41.3 Å². The van der Waals surface area contributed by atoms with Gasteiger partial charge in [-0.2, -0.15) is 5.26 Å². The molecule has 33 heavy (non-hydrogen) atoms. The third-order valence-electron chi connectivity index (χ3n) is 5.42. The van der Waals surface area contributed by atoms with Gasteiger partial charge < -0.3 is 19.5 Å². The Bertz CT molecular complexity index is 1150. The quantitative estimate of drug-likeness (QED) is 0.561. The zero-order valence-corrected chi connectivity index (χ0v) is 19.3. The smallest absolute Gasteiger partial charge is 0.337 e. The molecule has 0 spiro atoms. The molecular formula is C22H26N4O6S. The molecule has 2 aromatic rings. The lowest BCUT2D eigenvalue weighted by Gasteiger charge is -2.36. The van der Waals surface area contributed by atoms with E-state index in [-0.39, 0.29) is 21.9 Å². The molecule has 11 heteroatoms. The summed E-state index contributed by atoms with van der Waals surface area (Å²) in [5, 5.41) is 18.5. The standard InChI is InChI=1S/C22H26N4O6S/c1-31-17-5-7-20(32-2)21(15-17)33(29,30)24-19-6-4-16(14-18(19)22(27)28)26-12-10-25(11-13-26)9-3-8-23/h4-7,14-15,24H,3,9-13H2,1-2H3,(H,27,28). The summed E-state index contributed by atoms with van der Waals surface area (Å²) < 4.78 is 38.7. The molecule has 0 bridgehead atoms. The van der Waals surface area contributed by atoms with Crippen molar-refractivity contribution in [3.63, 3.8) is 0 Å². The SMILES string of the molecule is COc1ccc(OC)c(S(=O)(=O)Nc2ccc(N3CCN(CCC#N)CC3)cc2C(=O)O)c1. The fourth-order valence-corrected chi connectivity index (χ4v) is 4.89. The molecule has 2 aromatic carbocycles. The first kappa shape index (κ1) is 24.2. The lowest BCUT2D eigenvalue weighted by molar-refractivity contribution is 0.0698. The van der Waals surface area contributed by atoms with Crippen LogP contribution in [0.5, 0.6) is 11.5 Å². The van der Waals surface area contributed by atoms with E-state index in [2.05, 4.69) is 15.7 Å². The van der Waals surface area contributed by atoms with Gasteiger partial charge in [0.1, 0.15) is 16.4 Å². The Balaban J connectivity index is 1.85. The second kappa shape index (κ2) is 10.4. The van der Waals surface area contributed by atoms with Crippen LogP contribution >= 0.6 is 0 Å². The van der Waals surface area contributed by atoms with Crippen molar-refractivity contribution in [3.8, 4) is 17.6 Å². The largest absolute Gasteiger partial charge is 0.497 e. The highest BCUT2D eigenvalue weighted by molar-refractivity contribution is 7.92. The Kier molecular flexibility index (Phi) is 7.63. The van der Waals surface area contributed by atoms with Crippen LogP contribution in [-0.2, 0) is 10.0 Å². The number of methoxy groups -OCH3 is 2. The molecule has 176 valence electrons. The second-order valence-corrected chi connectivity index (χ2v) is 9.04. The number of hydrogen-bond acceptors (Lipinski definition) is 8. The number of nitrogens with one attached hydrogen (secondary N) is 1. The highest BCUT2D eigenvalue weighted by atomic mass is 32.2. The number of sulfonamides is 1. The summed E-state index contributed by atoms with van der Waals surface area (Å²) in [5.74, 6) is -0.829. The van der Waals surface area contributed by atoms with Crippen molar-refractivity contribution in [2.24, 2.45) is 0 Å². The minimum Gasteiger partial charge on any atom is -0.497 e. The van der Waals surface area contributed by atoms with Crippen LogP contribution in [0, 0.1) is 11.3 Å². The predicted molar refractivity (Wildman–Crippen MR) is 123 cm³/mol. The second-order valence-electron chi connectivity index (χ2n) is 7.39. The summed E-state index contributed by atoms with van der Waals surface area (Å²) in [4.78, 5) is 16.0. The number of anilines is 2. The molecule has 1 heterocycles. The Morgan fingerprint density at radius 3 is 2.45 bits per heavy atom. The molecule has 0 aromatic heterocycles. The first-order valence-electron chi connectivity index (χ1n) is 10.3. The highest BCUT2D eigenvalue weighted by Crippen LogP contribution is 2.32. The molecule has 2 N–H and O–H groups in total. The summed E-state index contributed by atoms with van der Waals surface area (Å²) in [7, 11) is -1.40. The van der Waals surface area contributed by atoms with Crippen molar-refractivity contribution in [2.75, 3.05) is 56.6 Å². The number of carboxylic acids is 1. The Labute approximate surface area is 193 Å². The van der Waals surface area contributed by atoms with Crippen molar-refractivity contribution in [1.82, 2.24) is 4.90 Å². The maximum atomic E-state index is 13.1. The molecule has 0 aliphatic carbocycles. The topological polar surface area (TPSA) is 132 Å². The Hall–Kier alpha value is -3.49. The number of carbonyl (C=O) groups is 1. The van der Waals surface area contributed by atoms with Gasteiger partial charge >= 0.3 is 5.97 Å². The third-order valence-corrected chi connectivity index (χ3v) is 6.80. The molecule has 1 aliphatic heterocycles. The number of nitrogens with zero attached hydrogens (tertiary/aromatic N) is 3. The molecule has 1 saturated heterocycles. The fourth-order valence-electron chi connectivity index (χ4n) is 3.63. The van der Waals surface area contributed by atoms with Crippen LogP contribution in [0.4, 0.5) is 11.4 Å². The molecule has 0 atom stereocenters. The van der Waals surface area contributed by atoms with Gasteiger partial charge in [-0.25, -0.2) is 13.2 Å². The zero-order valence-electron chi connectivity index (χ0n) is 18.4. The number of carboxylic acid groups (broad SMARTS) is 1. The van der Waals surface area contributed by atoms with Crippen LogP contribution in [-0.4, -0.2) is 71.3 Å². The van der Waals surface area contributed by atoms with E-state index in [9.17, 15) is 18.3 Å². The molecule has 0 unspecified atom stereocenters. The van der Waals surface area contributed by atoms with E-state index >= 15 is 0 Å². The fraction of sp³-hybridized carbons (Fsp3) is 0.364. The van der Waals surface area contributed by atoms with E-state index in [1.54, 1.807) is 12.1 Å². The molecule has 0 saturated carbocycles. The predicted octanol–water partition coefficient (Wildman–Crippen LogP) is 2.24. The van der Waals surface area contributed by atoms with Crippen molar-refractivity contribution in [3.05, 3.63) is 42.0 Å². The number of piperazine rings is 1. The minimum absolute atomic E-state index is 0.0521. The van der Waals surface area contributed by atoms with Gasteiger partial charge in [0.25, 0.3) is 10.0 Å². The summed E-state index contributed by atoms with van der Waals surface area (Å²) in [5.41, 5.74) is 0.475. The van der Waals surface area contributed by atoms with Crippen molar-refractivity contribution >= 4 is 27.4 Å². The van der Waals surface area contributed by atoms with Gasteiger partial charge in [0, 0.05) is 50.9 Å². The zero-order chi connectivity index (χ0) is 24.0. The van der Waals surface area contributed by atoms with Crippen molar-refractivity contribution in [1.29, 1.82) is 5.26 Å². The maximum absolute atomic E-state index is 13.1. The molecule has 1 aliphatic rings. The third kappa shape index (κ3) is 5.66. The van der Waals surface area contributed by atoms with Gasteiger partial charge in [0.15, 0.2) is 0 Å². The van der Waals surface area contributed by atoms with Crippen LogP contribution in [0.2, 0.25) is 0 Å². The number of aromatic carboxylic acids is 1. The summed E-state index contributed by atoms with van der Waals surface area (Å²) >= 11 is 0. The molecular weight excluding hydrogens is 448 g/mol. The maximum Gasteiger partial charge on any atom is 0.337 e. The van der Waals surface area contributed by atoms with E-state index in [4.69, 9.17) is 14.7 Å². The van der Waals surface area contributed by atoms with E-state index in [1.807, 2.05) is 4.90 Å². The van der Waals surface area contributed by atoms with Crippen molar-refractivity contribution < 1.29 is 27.8 Å². The molecule has 0 amide bonds. The number of rotatable bonds is 9. The van der Waals surface area contributed by atoms with E-state index in [0.717, 1.165) is 13.1 Å². The molecule has 10 nitrogen and oxygen atoms in total. The number of benzene rings is 2. The van der Waals surface area contributed by atoms with Gasteiger partial charge in [-0.3, -0.25) is 9.62 Å². The average molecular weight is 475 g/mol. The van der Waals surface area contributed by atoms with Crippen LogP contribution in [0.25, 0.3) is 0 Å². The Morgan fingerprint density at radius 1 is 1.12 bits per heavy atom. The van der Waals surface area contributed by atoms with Gasteiger partial charge in [-0.1, -0.05) is 0 Å². The van der Waals surface area contributed by atoms with Crippen LogP contribution < -0.4 is 19.1 Å². The van der Waals surface area contributed by atoms with E-state index in [0.29, 0.717) is 37.5 Å². The molecule has 3 rings (SSSR count). The molecule has 1 fully saturated rings. The minimum atomic E-state index is -4.16. The Morgan fingerprint density at radius 2 is 1.85 bits per heavy atom. The number of hydrogen-bond donors (Lipinski definition) is 2. The van der Waals surface area contributed by atoms with E-state index in [1.165, 1.54) is 38.5 Å². The summed E-state index contributed by atoms with van der Waals surface area (Å²) in [6.45, 7) is 3.58. The van der Waals surface area contributed by atoms with Crippen molar-refractivity contribution in [2.45, 2.75) is 11.3 Å². The number of nitriles is 1. The van der Waals surface area contributed by atoms with Gasteiger partial charge in [0.2, 0.25) is 0 Å². The van der Waals surface area contributed by atoms with Crippen LogP contribution in [0.1, 0.15) is 16.8 Å². The lowest BCUT2D eigenvalue weighted by atomic mass is 10.1. The number of ether oxygens (including phenoxy) is 2. The average Bonchev–Trinajstić information content (AvgIpc) is 2.82. The van der Waals surface area contributed by atoms with Crippen LogP contribution in [0.3, 0.4) is 0 Å². The lowest BCUT2D eigenvalue weighted by Crippen LogP contribution is -2.46. The summed E-state index contributed by atoms with van der Waals surface area (Å²) in [6.07, 6.45) is 0.468. The first-order chi connectivity index (χ1) is 15.8. The van der Waals surface area contributed by atoms with Gasteiger partial charge in [0.05, 0.1) is 31.5 Å². The first-order valence-corrected chi connectivity index (χ1v) is 11.7. The van der Waals surface area contributed by atoms with Gasteiger partial charge in [-0.05, 0) is 30.3 Å². The molecule has 0 radical (unpaired) electrons. The monoisotopic (exact) mass is 474 g/mol. The summed E-state index contributed by atoms with van der Waals surface area (Å²) in [6, 6.07) is 11.1.